The molecule has 3 saturated heterocycles. The number of carbonyl (C=O) groups is 6. The van der Waals surface area contributed by atoms with Gasteiger partial charge in [-0.2, -0.15) is 0 Å². The van der Waals surface area contributed by atoms with Crippen molar-refractivity contribution in [1.82, 2.24) is 30.7 Å². The van der Waals surface area contributed by atoms with Crippen molar-refractivity contribution in [2.75, 3.05) is 19.6 Å². The summed E-state index contributed by atoms with van der Waals surface area (Å²) in [5.74, 6) is -3.61. The molecule has 4 rings (SSSR count). The number of nitrogens with two attached hydrogens (primary N) is 1. The Kier molecular flexibility index (Phi) is 15.9. The van der Waals surface area contributed by atoms with Crippen LogP contribution in [0.25, 0.3) is 0 Å². The van der Waals surface area contributed by atoms with Crippen molar-refractivity contribution in [2.24, 2.45) is 29.4 Å². The smallest absolute Gasteiger partial charge is 0.317 e. The lowest BCUT2D eigenvalue weighted by atomic mass is 9.86. The summed E-state index contributed by atoms with van der Waals surface area (Å²) in [4.78, 5) is 85.9. The van der Waals surface area contributed by atoms with Gasteiger partial charge in [0.2, 0.25) is 29.5 Å². The molecular weight excluding hydrogens is 702 g/mol. The number of nitrogens with one attached hydrogen (secondary N) is 3. The van der Waals surface area contributed by atoms with Gasteiger partial charge in [0.1, 0.15) is 24.2 Å². The Labute approximate surface area is 326 Å². The highest BCUT2D eigenvalue weighted by atomic mass is 16.3. The van der Waals surface area contributed by atoms with Gasteiger partial charge in [0.15, 0.2) is 0 Å². The number of hydrogen-bond acceptors (Lipinski definition) is 7. The van der Waals surface area contributed by atoms with E-state index in [2.05, 4.69) is 16.0 Å². The zero-order chi connectivity index (χ0) is 40.4. The number of benzene rings is 1. The van der Waals surface area contributed by atoms with Crippen LogP contribution in [-0.4, -0.2) is 111 Å². The minimum Gasteiger partial charge on any atom is -0.392 e. The molecular formula is C41H65N7O7. The van der Waals surface area contributed by atoms with Crippen LogP contribution >= 0.6 is 0 Å². The molecule has 3 aliphatic rings. The van der Waals surface area contributed by atoms with Crippen LogP contribution in [0.5, 0.6) is 0 Å². The molecule has 0 aliphatic carbocycles. The van der Waals surface area contributed by atoms with Gasteiger partial charge < -0.3 is 41.5 Å². The second-order valence-corrected chi connectivity index (χ2v) is 16.6. The van der Waals surface area contributed by atoms with Crippen molar-refractivity contribution in [3.8, 4) is 0 Å². The fourth-order valence-corrected chi connectivity index (χ4v) is 8.32. The topological polar surface area (TPSA) is 194 Å². The quantitative estimate of drug-likeness (QED) is 0.161. The molecule has 306 valence electrons. The van der Waals surface area contributed by atoms with E-state index in [-0.39, 0.29) is 48.1 Å². The van der Waals surface area contributed by atoms with E-state index in [1.54, 1.807) is 4.90 Å². The molecule has 8 atom stereocenters. The number of aliphatic hydroxyl groups excluding tert-OH is 1. The maximum Gasteiger partial charge on any atom is 0.317 e. The van der Waals surface area contributed by atoms with E-state index in [1.165, 1.54) is 9.80 Å². The van der Waals surface area contributed by atoms with Crippen LogP contribution in [0, 0.1) is 23.7 Å². The van der Waals surface area contributed by atoms with E-state index in [9.17, 15) is 33.9 Å². The van der Waals surface area contributed by atoms with E-state index in [0.717, 1.165) is 12.0 Å². The first-order chi connectivity index (χ1) is 26.1. The number of carbonyl (C=O) groups excluding carboxylic acids is 6. The number of rotatable bonds is 17. The van der Waals surface area contributed by atoms with Gasteiger partial charge in [-0.25, -0.2) is 4.79 Å². The second kappa shape index (κ2) is 20.1. The standard InChI is InChI=1S/C41H65N7O7/c1-7-27(6)35(38(52)44-34(26(4)5)40(54)48-21-13-18-32(48)39(53)47-20-12-17-31(47)36(42)50)45-37(51)30(22-25(2)3)33(49)23-29-16-11-19-46(29)41(55)43-24-28-14-9-8-10-15-28/h8-10,14-15,25-27,29-35,49H,7,11-13,16-24H2,1-6H3,(H2,42,50)(H,43,55)(H,44,52)(H,45,51)/t27-,29-,30+,31-,32-,33-,34-,35-/m1/s1. The van der Waals surface area contributed by atoms with Gasteiger partial charge in [-0.05, 0) is 74.7 Å². The van der Waals surface area contributed by atoms with E-state index in [1.807, 2.05) is 71.9 Å². The van der Waals surface area contributed by atoms with Gasteiger partial charge in [-0.1, -0.05) is 78.3 Å². The van der Waals surface area contributed by atoms with Crippen LogP contribution in [0.15, 0.2) is 30.3 Å². The molecule has 1 aromatic carbocycles. The summed E-state index contributed by atoms with van der Waals surface area (Å²) in [6.45, 7) is 13.0. The molecule has 7 amide bonds. The van der Waals surface area contributed by atoms with Crippen molar-refractivity contribution >= 4 is 35.6 Å². The van der Waals surface area contributed by atoms with Crippen molar-refractivity contribution in [1.29, 1.82) is 0 Å². The summed E-state index contributed by atoms with van der Waals surface area (Å²) in [5.41, 5.74) is 6.56. The van der Waals surface area contributed by atoms with Crippen LogP contribution in [0.3, 0.4) is 0 Å². The van der Waals surface area contributed by atoms with Crippen molar-refractivity contribution in [3.05, 3.63) is 35.9 Å². The van der Waals surface area contributed by atoms with Crippen molar-refractivity contribution in [3.63, 3.8) is 0 Å². The molecule has 0 spiro atoms. The largest absolute Gasteiger partial charge is 0.392 e. The maximum atomic E-state index is 14.1. The Bertz CT molecular complexity index is 1490. The van der Waals surface area contributed by atoms with Crippen LogP contribution in [-0.2, 0) is 30.5 Å². The fourth-order valence-electron chi connectivity index (χ4n) is 8.32. The molecule has 3 heterocycles. The van der Waals surface area contributed by atoms with E-state index < -0.39 is 53.9 Å². The summed E-state index contributed by atoms with van der Waals surface area (Å²) in [5, 5.41) is 20.5. The summed E-state index contributed by atoms with van der Waals surface area (Å²) < 4.78 is 0. The molecule has 0 bridgehead atoms. The van der Waals surface area contributed by atoms with Crippen molar-refractivity contribution in [2.45, 2.75) is 142 Å². The Morgan fingerprint density at radius 2 is 1.40 bits per heavy atom. The molecule has 0 unspecified atom stereocenters. The van der Waals surface area contributed by atoms with Crippen LogP contribution in [0.2, 0.25) is 0 Å². The first-order valence-corrected chi connectivity index (χ1v) is 20.4. The van der Waals surface area contributed by atoms with Crippen LogP contribution < -0.4 is 21.7 Å². The molecule has 14 nitrogen and oxygen atoms in total. The van der Waals surface area contributed by atoms with E-state index in [4.69, 9.17) is 5.73 Å². The van der Waals surface area contributed by atoms with E-state index >= 15 is 0 Å². The average molecular weight is 768 g/mol. The molecule has 6 N–H and O–H groups in total. The molecule has 14 heteroatoms. The summed E-state index contributed by atoms with van der Waals surface area (Å²) >= 11 is 0. The Hall–Kier alpha value is -4.20. The molecule has 55 heavy (non-hydrogen) atoms. The third-order valence-electron chi connectivity index (χ3n) is 11.7. The van der Waals surface area contributed by atoms with Gasteiger partial charge in [-0.15, -0.1) is 0 Å². The van der Waals surface area contributed by atoms with Crippen LogP contribution in [0.1, 0.15) is 105 Å². The normalized spacial score (nSPS) is 22.6. The fraction of sp³-hybridized carbons (Fsp3) is 0.707. The lowest BCUT2D eigenvalue weighted by Gasteiger charge is -2.35. The molecule has 0 radical (unpaired) electrons. The third-order valence-corrected chi connectivity index (χ3v) is 11.7. The van der Waals surface area contributed by atoms with Crippen molar-refractivity contribution < 1.29 is 33.9 Å². The number of hydrogen-bond donors (Lipinski definition) is 5. The highest BCUT2D eigenvalue weighted by Gasteiger charge is 2.44. The highest BCUT2D eigenvalue weighted by molar-refractivity contribution is 5.96. The number of aliphatic hydroxyl groups is 1. The lowest BCUT2D eigenvalue weighted by Crippen LogP contribution is -2.60. The lowest BCUT2D eigenvalue weighted by molar-refractivity contribution is -0.148. The Morgan fingerprint density at radius 3 is 2.02 bits per heavy atom. The highest BCUT2D eigenvalue weighted by Crippen LogP contribution is 2.28. The third kappa shape index (κ3) is 11.2. The molecule has 3 aliphatic heterocycles. The predicted octanol–water partition coefficient (Wildman–Crippen LogP) is 2.91. The molecule has 0 saturated carbocycles. The average Bonchev–Trinajstić information content (AvgIpc) is 3.95. The molecule has 1 aromatic rings. The Morgan fingerprint density at radius 1 is 0.800 bits per heavy atom. The monoisotopic (exact) mass is 767 g/mol. The Balaban J connectivity index is 1.44. The summed E-state index contributed by atoms with van der Waals surface area (Å²) in [7, 11) is 0. The van der Waals surface area contributed by atoms with Gasteiger partial charge >= 0.3 is 6.03 Å². The molecule has 0 aromatic heterocycles. The molecule has 3 fully saturated rings. The summed E-state index contributed by atoms with van der Waals surface area (Å²) in [6, 6.07) is 5.80. The number of nitrogens with zero attached hydrogens (tertiary/aromatic N) is 3. The zero-order valence-corrected chi connectivity index (χ0v) is 33.7. The number of likely N-dealkylation sites (tertiary alicyclic amines) is 3. The maximum absolute atomic E-state index is 14.1. The summed E-state index contributed by atoms with van der Waals surface area (Å²) in [6.07, 6.45) is 3.82. The first kappa shape index (κ1) is 43.5. The number of amides is 7. The number of urea groups is 1. The minimum atomic E-state index is -1.06. The van der Waals surface area contributed by atoms with Gasteiger partial charge in [-0.3, -0.25) is 24.0 Å². The first-order valence-electron chi connectivity index (χ1n) is 20.4. The zero-order valence-electron chi connectivity index (χ0n) is 33.7. The SMILES string of the molecule is CC[C@@H](C)[C@@H](NC(=O)[C@@H](CC(C)C)[C@H](O)C[C@H]1CCCN1C(=O)NCc1ccccc1)C(=O)N[C@@H](C(=O)N1CCC[C@@H]1C(=O)N1CCC[C@@H]1C(N)=O)C(C)C. The van der Waals surface area contributed by atoms with E-state index in [0.29, 0.717) is 71.1 Å². The number of primary amides is 1. The predicted molar refractivity (Wildman–Crippen MR) is 209 cm³/mol. The second-order valence-electron chi connectivity index (χ2n) is 16.6. The van der Waals surface area contributed by atoms with Gasteiger partial charge in [0.25, 0.3) is 0 Å². The minimum absolute atomic E-state index is 0.0630. The van der Waals surface area contributed by atoms with Gasteiger partial charge in [0, 0.05) is 32.2 Å². The van der Waals surface area contributed by atoms with Gasteiger partial charge in [0.05, 0.1) is 12.0 Å². The van der Waals surface area contributed by atoms with Crippen LogP contribution in [0.4, 0.5) is 4.79 Å².